The molecule has 3 aromatic rings. The van der Waals surface area contributed by atoms with Crippen LogP contribution in [0.4, 0.5) is 0 Å². The molecule has 3 nitrogen and oxygen atoms in total. The first-order chi connectivity index (χ1) is 17.6. The highest BCUT2D eigenvalue weighted by Crippen LogP contribution is 2.32. The lowest BCUT2D eigenvalue weighted by Crippen LogP contribution is -2.38. The first-order valence-corrected chi connectivity index (χ1v) is 14.8. The summed E-state index contributed by atoms with van der Waals surface area (Å²) in [5.74, 6) is 0.867. The SMILES string of the molecule is CC.CC/C=C(\NCCN1CCC(CCc2ccccc2)CC1)c1sc(-c2ccc(Cl)cc2)nc1C. The van der Waals surface area contributed by atoms with Gasteiger partial charge in [-0.25, -0.2) is 4.98 Å². The molecule has 5 heteroatoms. The fraction of sp³-hybridized carbons (Fsp3) is 0.452. The van der Waals surface area contributed by atoms with E-state index in [0.717, 1.165) is 46.7 Å². The number of likely N-dealkylation sites (tertiary alicyclic amines) is 1. The molecule has 0 bridgehead atoms. The minimum atomic E-state index is 0.755. The van der Waals surface area contributed by atoms with E-state index in [1.807, 2.05) is 38.1 Å². The maximum absolute atomic E-state index is 6.06. The number of aromatic nitrogens is 1. The van der Waals surface area contributed by atoms with Gasteiger partial charge in [0.05, 0.1) is 10.6 Å². The normalized spacial score (nSPS) is 14.9. The number of rotatable bonds is 10. The molecule has 1 aromatic heterocycles. The Morgan fingerprint density at radius 3 is 2.44 bits per heavy atom. The van der Waals surface area contributed by atoms with E-state index in [1.165, 1.54) is 54.9 Å². The average molecular weight is 524 g/mol. The molecule has 0 unspecified atom stereocenters. The van der Waals surface area contributed by atoms with Crippen molar-refractivity contribution in [1.82, 2.24) is 15.2 Å². The van der Waals surface area contributed by atoms with Crippen LogP contribution < -0.4 is 5.32 Å². The van der Waals surface area contributed by atoms with E-state index in [9.17, 15) is 0 Å². The summed E-state index contributed by atoms with van der Waals surface area (Å²) in [7, 11) is 0. The Hall–Kier alpha value is -2.14. The summed E-state index contributed by atoms with van der Waals surface area (Å²) in [5.41, 5.74) is 4.90. The molecule has 194 valence electrons. The number of nitrogens with one attached hydrogen (secondary N) is 1. The molecule has 1 saturated heterocycles. The highest BCUT2D eigenvalue weighted by molar-refractivity contribution is 7.16. The minimum absolute atomic E-state index is 0.755. The molecular weight excluding hydrogens is 482 g/mol. The van der Waals surface area contributed by atoms with Gasteiger partial charge in [-0.05, 0) is 75.7 Å². The third kappa shape index (κ3) is 8.47. The summed E-state index contributed by atoms with van der Waals surface area (Å²) < 4.78 is 0. The lowest BCUT2D eigenvalue weighted by molar-refractivity contribution is 0.181. The second-order valence-electron chi connectivity index (χ2n) is 9.20. The minimum Gasteiger partial charge on any atom is -0.383 e. The average Bonchev–Trinajstić information content (AvgIpc) is 3.31. The Morgan fingerprint density at radius 1 is 1.08 bits per heavy atom. The van der Waals surface area contributed by atoms with Crippen LogP contribution >= 0.6 is 22.9 Å². The monoisotopic (exact) mass is 523 g/mol. The lowest BCUT2D eigenvalue weighted by atomic mass is 9.90. The van der Waals surface area contributed by atoms with E-state index < -0.39 is 0 Å². The zero-order valence-corrected chi connectivity index (χ0v) is 24.0. The van der Waals surface area contributed by atoms with Gasteiger partial charge < -0.3 is 10.2 Å². The van der Waals surface area contributed by atoms with Gasteiger partial charge in [-0.15, -0.1) is 11.3 Å². The number of piperidine rings is 1. The van der Waals surface area contributed by atoms with E-state index in [-0.39, 0.29) is 0 Å². The maximum Gasteiger partial charge on any atom is 0.124 e. The molecule has 0 radical (unpaired) electrons. The number of aryl methyl sites for hydroxylation is 2. The number of hydrogen-bond donors (Lipinski definition) is 1. The van der Waals surface area contributed by atoms with Crippen molar-refractivity contribution in [2.24, 2.45) is 5.92 Å². The first kappa shape index (κ1) is 28.4. The Bertz CT molecular complexity index is 1050. The van der Waals surface area contributed by atoms with Crippen LogP contribution in [0.3, 0.4) is 0 Å². The molecule has 0 aliphatic carbocycles. The molecule has 0 saturated carbocycles. The second-order valence-corrected chi connectivity index (χ2v) is 10.6. The number of thiazole rings is 1. The predicted molar refractivity (Wildman–Crippen MR) is 159 cm³/mol. The van der Waals surface area contributed by atoms with Gasteiger partial charge in [0.25, 0.3) is 0 Å². The Labute approximate surface area is 227 Å². The smallest absolute Gasteiger partial charge is 0.124 e. The van der Waals surface area contributed by atoms with E-state index in [4.69, 9.17) is 16.6 Å². The van der Waals surface area contributed by atoms with Crippen molar-refractivity contribution in [3.05, 3.63) is 81.8 Å². The summed E-state index contributed by atoms with van der Waals surface area (Å²) >= 11 is 7.82. The Morgan fingerprint density at radius 2 is 1.78 bits per heavy atom. The van der Waals surface area contributed by atoms with Gasteiger partial charge in [-0.1, -0.05) is 80.9 Å². The summed E-state index contributed by atoms with van der Waals surface area (Å²) in [6.45, 7) is 12.8. The highest BCUT2D eigenvalue weighted by atomic mass is 35.5. The number of allylic oxidation sites excluding steroid dienone is 1. The van der Waals surface area contributed by atoms with Gasteiger partial charge in [-0.2, -0.15) is 0 Å². The van der Waals surface area contributed by atoms with E-state index in [1.54, 1.807) is 11.3 Å². The molecular formula is C31H42ClN3S. The van der Waals surface area contributed by atoms with Crippen LogP contribution in [0.1, 0.15) is 62.6 Å². The second kappa shape index (κ2) is 15.2. The van der Waals surface area contributed by atoms with Gasteiger partial charge in [0.2, 0.25) is 0 Å². The summed E-state index contributed by atoms with van der Waals surface area (Å²) in [6.07, 6.45) is 8.47. The molecule has 2 heterocycles. The van der Waals surface area contributed by atoms with Gasteiger partial charge in [-0.3, -0.25) is 0 Å². The summed E-state index contributed by atoms with van der Waals surface area (Å²) in [4.78, 5) is 8.70. The number of hydrogen-bond acceptors (Lipinski definition) is 4. The molecule has 1 N–H and O–H groups in total. The molecule has 36 heavy (non-hydrogen) atoms. The topological polar surface area (TPSA) is 28.2 Å². The molecule has 1 aliphatic heterocycles. The van der Waals surface area contributed by atoms with Crippen molar-refractivity contribution in [1.29, 1.82) is 0 Å². The van der Waals surface area contributed by atoms with Gasteiger partial charge in [0.1, 0.15) is 5.01 Å². The van der Waals surface area contributed by atoms with Gasteiger partial charge in [0.15, 0.2) is 0 Å². The largest absolute Gasteiger partial charge is 0.383 e. The summed E-state index contributed by atoms with van der Waals surface area (Å²) in [5, 5.41) is 5.53. The zero-order chi connectivity index (χ0) is 25.8. The van der Waals surface area contributed by atoms with Gasteiger partial charge in [0, 0.05) is 29.4 Å². The Balaban J connectivity index is 0.00000176. The molecule has 0 amide bonds. The number of benzene rings is 2. The molecule has 4 rings (SSSR count). The molecule has 0 atom stereocenters. The predicted octanol–water partition coefficient (Wildman–Crippen LogP) is 8.48. The third-order valence-electron chi connectivity index (χ3n) is 6.68. The third-order valence-corrected chi connectivity index (χ3v) is 8.17. The fourth-order valence-electron chi connectivity index (χ4n) is 4.67. The molecule has 2 aromatic carbocycles. The molecule has 1 fully saturated rings. The van der Waals surface area contributed by atoms with Crippen molar-refractivity contribution in [3.8, 4) is 10.6 Å². The first-order valence-electron chi connectivity index (χ1n) is 13.6. The van der Waals surface area contributed by atoms with Crippen LogP contribution in [0, 0.1) is 12.8 Å². The van der Waals surface area contributed by atoms with Crippen molar-refractivity contribution in [2.75, 3.05) is 26.2 Å². The van der Waals surface area contributed by atoms with Crippen molar-refractivity contribution in [2.45, 2.75) is 59.8 Å². The molecule has 1 aliphatic rings. The fourth-order valence-corrected chi connectivity index (χ4v) is 5.89. The zero-order valence-electron chi connectivity index (χ0n) is 22.4. The van der Waals surface area contributed by atoms with Crippen LogP contribution in [-0.4, -0.2) is 36.1 Å². The van der Waals surface area contributed by atoms with Crippen molar-refractivity contribution in [3.63, 3.8) is 0 Å². The quantitative estimate of drug-likeness (QED) is 0.288. The standard InChI is InChI=1S/C29H36ClN3S.C2H6/c1-3-7-27(28-22(2)32-29(34-28)25-12-14-26(30)15-13-25)31-18-21-33-19-16-24(17-20-33)11-10-23-8-5-4-6-9-23;1-2/h4-9,12-15,24,31H,3,10-11,16-21H2,1-2H3;1-2H3/b27-7-;. The molecule has 0 spiro atoms. The Kier molecular flexibility index (Phi) is 12.0. The van der Waals surface area contributed by atoms with Crippen LogP contribution in [0.5, 0.6) is 0 Å². The van der Waals surface area contributed by atoms with Crippen LogP contribution in [-0.2, 0) is 6.42 Å². The number of halogens is 1. The van der Waals surface area contributed by atoms with Crippen molar-refractivity contribution >= 4 is 28.6 Å². The van der Waals surface area contributed by atoms with Crippen LogP contribution in [0.15, 0.2) is 60.7 Å². The lowest BCUT2D eigenvalue weighted by Gasteiger charge is -2.32. The van der Waals surface area contributed by atoms with Crippen LogP contribution in [0.25, 0.3) is 16.3 Å². The summed E-state index contributed by atoms with van der Waals surface area (Å²) in [6, 6.07) is 18.9. The van der Waals surface area contributed by atoms with Crippen LogP contribution in [0.2, 0.25) is 5.02 Å². The van der Waals surface area contributed by atoms with Gasteiger partial charge >= 0.3 is 0 Å². The van der Waals surface area contributed by atoms with E-state index in [0.29, 0.717) is 0 Å². The maximum atomic E-state index is 6.06. The van der Waals surface area contributed by atoms with E-state index in [2.05, 4.69) is 60.5 Å². The van der Waals surface area contributed by atoms with E-state index >= 15 is 0 Å². The van der Waals surface area contributed by atoms with Crippen molar-refractivity contribution < 1.29 is 0 Å². The number of nitrogens with zero attached hydrogens (tertiary/aromatic N) is 2. The highest BCUT2D eigenvalue weighted by Gasteiger charge is 2.19.